The molecule has 0 aromatic rings. The zero-order chi connectivity index (χ0) is 74.9. The third-order valence-corrected chi connectivity index (χ3v) is 21.4. The molecule has 0 rings (SSSR count). The second-order valence-corrected chi connectivity index (χ2v) is 33.7. The molecule has 0 fully saturated rings. The van der Waals surface area contributed by atoms with Gasteiger partial charge in [0.2, 0.25) is 0 Å². The third-order valence-electron chi connectivity index (χ3n) is 19.5. The number of esters is 4. The normalized spacial score (nSPS) is 13.9. The first kappa shape index (κ1) is 100. The quantitative estimate of drug-likeness (QED) is 0.0222. The summed E-state index contributed by atoms with van der Waals surface area (Å²) in [6.07, 6.45) is 65.4. The van der Waals surface area contributed by atoms with Gasteiger partial charge in [0.1, 0.15) is 19.3 Å². The van der Waals surface area contributed by atoms with Crippen molar-refractivity contribution in [2.75, 3.05) is 39.6 Å². The maximum absolute atomic E-state index is 13.1. The maximum Gasteiger partial charge on any atom is 0.472 e. The Morgan fingerprint density at radius 2 is 0.451 bits per heavy atom. The molecule has 19 heteroatoms. The molecule has 606 valence electrons. The monoisotopic (exact) mass is 1490 g/mol. The van der Waals surface area contributed by atoms with Crippen molar-refractivity contribution in [3.05, 3.63) is 0 Å². The number of hydrogen-bond acceptors (Lipinski definition) is 15. The summed E-state index contributed by atoms with van der Waals surface area (Å²) in [7, 11) is -9.92. The number of phosphoric ester groups is 2. The van der Waals surface area contributed by atoms with Crippen LogP contribution in [-0.2, 0) is 65.4 Å². The molecule has 0 saturated carbocycles. The lowest BCUT2D eigenvalue weighted by atomic mass is 10.0. The van der Waals surface area contributed by atoms with E-state index in [0.29, 0.717) is 31.6 Å². The van der Waals surface area contributed by atoms with Crippen LogP contribution in [0.2, 0.25) is 0 Å². The third kappa shape index (κ3) is 76.3. The molecule has 0 heterocycles. The van der Waals surface area contributed by atoms with Gasteiger partial charge in [0.25, 0.3) is 0 Å². The van der Waals surface area contributed by atoms with Crippen molar-refractivity contribution in [1.29, 1.82) is 0 Å². The van der Waals surface area contributed by atoms with Crippen LogP contribution in [0.5, 0.6) is 0 Å². The molecule has 0 aliphatic rings. The Morgan fingerprint density at radius 3 is 0.667 bits per heavy atom. The molecular formula is C83H162O17P2. The lowest BCUT2D eigenvalue weighted by Crippen LogP contribution is -2.30. The second kappa shape index (κ2) is 74.5. The SMILES string of the molecule is CCCCCCCCCCCCCCCCCCCCCCCCC(=O)O[C@H](COC(=O)CCCCCCCCCCCCCCCCCC)COP(=O)(O)OC[C@@H](O)COP(=O)(O)OC[C@@H](COC(=O)CCCCCCCCCC(C)C)OC(=O)CCCCCCCCCCCCCC(C)C. The van der Waals surface area contributed by atoms with E-state index in [0.717, 1.165) is 102 Å². The highest BCUT2D eigenvalue weighted by atomic mass is 31.2. The van der Waals surface area contributed by atoms with E-state index < -0.39 is 97.5 Å². The molecular weight excluding hydrogens is 1330 g/mol. The van der Waals surface area contributed by atoms with Crippen LogP contribution in [0.3, 0.4) is 0 Å². The Balaban J connectivity index is 5.21. The fourth-order valence-electron chi connectivity index (χ4n) is 12.9. The van der Waals surface area contributed by atoms with Crippen molar-refractivity contribution in [3.63, 3.8) is 0 Å². The number of aliphatic hydroxyl groups is 1. The molecule has 0 saturated heterocycles. The number of ether oxygens (including phenoxy) is 4. The number of phosphoric acid groups is 2. The van der Waals surface area contributed by atoms with Gasteiger partial charge in [-0.15, -0.1) is 0 Å². The lowest BCUT2D eigenvalue weighted by molar-refractivity contribution is -0.161. The number of rotatable bonds is 82. The first-order valence-corrected chi connectivity index (χ1v) is 46.0. The zero-order valence-electron chi connectivity index (χ0n) is 66.9. The van der Waals surface area contributed by atoms with E-state index in [2.05, 4.69) is 41.5 Å². The minimum Gasteiger partial charge on any atom is -0.462 e. The summed E-state index contributed by atoms with van der Waals surface area (Å²) >= 11 is 0. The van der Waals surface area contributed by atoms with Crippen LogP contribution in [0, 0.1) is 11.8 Å². The molecule has 17 nitrogen and oxygen atoms in total. The van der Waals surface area contributed by atoms with Crippen molar-refractivity contribution in [2.24, 2.45) is 11.8 Å². The fourth-order valence-corrected chi connectivity index (χ4v) is 14.5. The van der Waals surface area contributed by atoms with Crippen molar-refractivity contribution in [3.8, 4) is 0 Å². The standard InChI is InChI=1S/C83H162O17P2/c1-7-9-11-13-15-17-19-21-23-25-26-27-28-29-30-32-34-38-42-48-55-61-67-82(87)99-78(71-93-80(85)65-59-53-47-41-37-33-31-24-22-20-18-16-14-12-10-8-2)73-97-101(89,90)95-69-77(84)70-96-102(91,92)98-74-79(72-94-81(86)66-60-54-50-44-46-52-58-64-76(5)6)100-83(88)68-62-56-49-43-39-35-36-40-45-51-57-63-75(3)4/h75-79,84H,7-74H2,1-6H3,(H,89,90)(H,91,92)/t77-,78-,79-/m1/s1. The Hall–Kier alpha value is -1.94. The summed E-state index contributed by atoms with van der Waals surface area (Å²) in [5, 5.41) is 10.6. The van der Waals surface area contributed by atoms with Crippen molar-refractivity contribution >= 4 is 39.5 Å². The molecule has 0 aliphatic carbocycles. The summed E-state index contributed by atoms with van der Waals surface area (Å²) in [6, 6.07) is 0. The van der Waals surface area contributed by atoms with Crippen LogP contribution >= 0.6 is 15.6 Å². The average molecular weight is 1490 g/mol. The fraction of sp³-hybridized carbons (Fsp3) is 0.952. The van der Waals surface area contributed by atoms with Crippen molar-refractivity contribution < 1.29 is 80.2 Å². The smallest absolute Gasteiger partial charge is 0.462 e. The highest BCUT2D eigenvalue weighted by Gasteiger charge is 2.30. The van der Waals surface area contributed by atoms with Crippen molar-refractivity contribution in [2.45, 2.75) is 458 Å². The molecule has 0 aromatic heterocycles. The summed E-state index contributed by atoms with van der Waals surface area (Å²) in [6.45, 7) is 9.59. The van der Waals surface area contributed by atoms with E-state index in [1.807, 2.05) is 0 Å². The first-order chi connectivity index (χ1) is 49.4. The summed E-state index contributed by atoms with van der Waals surface area (Å²) < 4.78 is 68.8. The van der Waals surface area contributed by atoms with Gasteiger partial charge in [-0.3, -0.25) is 37.3 Å². The molecule has 0 bridgehead atoms. The maximum atomic E-state index is 13.1. The zero-order valence-corrected chi connectivity index (χ0v) is 68.7. The number of carbonyl (C=O) groups excluding carboxylic acids is 4. The Morgan fingerprint density at radius 1 is 0.265 bits per heavy atom. The molecule has 0 radical (unpaired) electrons. The van der Waals surface area contributed by atoms with Crippen molar-refractivity contribution in [1.82, 2.24) is 0 Å². The van der Waals surface area contributed by atoms with Gasteiger partial charge in [-0.25, -0.2) is 9.13 Å². The highest BCUT2D eigenvalue weighted by Crippen LogP contribution is 2.45. The van der Waals surface area contributed by atoms with Crippen LogP contribution in [0.1, 0.15) is 440 Å². The van der Waals surface area contributed by atoms with E-state index in [1.165, 1.54) is 250 Å². The van der Waals surface area contributed by atoms with Gasteiger partial charge in [-0.05, 0) is 37.5 Å². The van der Waals surface area contributed by atoms with Gasteiger partial charge < -0.3 is 33.8 Å². The molecule has 0 amide bonds. The molecule has 3 N–H and O–H groups in total. The van der Waals surface area contributed by atoms with E-state index in [1.54, 1.807) is 0 Å². The Kier molecular flexibility index (Phi) is 73.1. The molecule has 0 spiro atoms. The van der Waals surface area contributed by atoms with E-state index in [-0.39, 0.29) is 25.7 Å². The molecule has 2 unspecified atom stereocenters. The minimum absolute atomic E-state index is 0.106. The van der Waals surface area contributed by atoms with Gasteiger partial charge in [0.05, 0.1) is 26.4 Å². The molecule has 0 aromatic carbocycles. The Labute approximate surface area is 626 Å². The summed E-state index contributed by atoms with van der Waals surface area (Å²) in [5.74, 6) is -0.638. The molecule has 5 atom stereocenters. The largest absolute Gasteiger partial charge is 0.472 e. The number of aliphatic hydroxyl groups excluding tert-OH is 1. The van der Waals surface area contributed by atoms with Crippen LogP contribution < -0.4 is 0 Å². The molecule has 102 heavy (non-hydrogen) atoms. The van der Waals surface area contributed by atoms with Crippen LogP contribution in [-0.4, -0.2) is 96.7 Å². The number of unbranched alkanes of at least 4 members (excludes halogenated alkanes) is 52. The van der Waals surface area contributed by atoms with Crippen LogP contribution in [0.25, 0.3) is 0 Å². The molecule has 0 aliphatic heterocycles. The summed E-state index contributed by atoms with van der Waals surface area (Å²) in [4.78, 5) is 73.1. The summed E-state index contributed by atoms with van der Waals surface area (Å²) in [5.41, 5.74) is 0. The minimum atomic E-state index is -4.96. The van der Waals surface area contributed by atoms with E-state index in [9.17, 15) is 43.2 Å². The number of carbonyl (C=O) groups is 4. The average Bonchev–Trinajstić information content (AvgIpc) is 0.910. The number of hydrogen-bond donors (Lipinski definition) is 3. The van der Waals surface area contributed by atoms with Crippen LogP contribution in [0.4, 0.5) is 0 Å². The van der Waals surface area contributed by atoms with Gasteiger partial charge in [-0.1, -0.05) is 388 Å². The highest BCUT2D eigenvalue weighted by molar-refractivity contribution is 7.47. The predicted octanol–water partition coefficient (Wildman–Crippen LogP) is 25.1. The Bertz CT molecular complexity index is 1960. The van der Waals surface area contributed by atoms with Gasteiger partial charge in [0, 0.05) is 25.7 Å². The van der Waals surface area contributed by atoms with Gasteiger partial charge in [0.15, 0.2) is 12.2 Å². The second-order valence-electron chi connectivity index (χ2n) is 30.8. The van der Waals surface area contributed by atoms with E-state index >= 15 is 0 Å². The van der Waals surface area contributed by atoms with Gasteiger partial charge in [-0.2, -0.15) is 0 Å². The first-order valence-electron chi connectivity index (χ1n) is 43.0. The van der Waals surface area contributed by atoms with Gasteiger partial charge >= 0.3 is 39.5 Å². The lowest BCUT2D eigenvalue weighted by Gasteiger charge is -2.21. The van der Waals surface area contributed by atoms with Crippen LogP contribution in [0.15, 0.2) is 0 Å². The topological polar surface area (TPSA) is 237 Å². The van der Waals surface area contributed by atoms with E-state index in [4.69, 9.17) is 37.0 Å². The predicted molar refractivity (Wildman–Crippen MR) is 418 cm³/mol.